The maximum Gasteiger partial charge on any atom is 0.00986 e. The van der Waals surface area contributed by atoms with Crippen LogP contribution in [-0.4, -0.2) is 24.0 Å². The zero-order valence-electron chi connectivity index (χ0n) is 9.34. The highest BCUT2D eigenvalue weighted by atomic mass is 15.2. The number of rotatable bonds is 2. The molecule has 0 saturated carbocycles. The lowest BCUT2D eigenvalue weighted by Crippen LogP contribution is -2.39. The van der Waals surface area contributed by atoms with Crippen LogP contribution in [0, 0.1) is 11.3 Å². The van der Waals surface area contributed by atoms with Gasteiger partial charge in [-0.1, -0.05) is 27.2 Å². The van der Waals surface area contributed by atoms with Crippen LogP contribution in [0.2, 0.25) is 0 Å². The van der Waals surface area contributed by atoms with E-state index in [-0.39, 0.29) is 0 Å². The Labute approximate surface area is 82.5 Å². The molecule has 0 amide bonds. The number of fused-ring (bicyclic) bond motifs is 2. The van der Waals surface area contributed by atoms with Crippen molar-refractivity contribution in [2.24, 2.45) is 11.3 Å². The number of nitrogens with zero attached hydrogens (tertiary/aromatic N) is 1. The standard InChI is InChI=1S/C12H23N/c1-4-10-6-12(3)7-11(5-2)13(8-10)9-12/h10-11H,4-9H2,1-3H3. The normalized spacial score (nSPS) is 49.6. The molecule has 2 bridgehead atoms. The SMILES string of the molecule is CCC1CN2CC(C)(C1)CC2CC. The summed E-state index contributed by atoms with van der Waals surface area (Å²) < 4.78 is 0. The Kier molecular flexibility index (Phi) is 2.39. The van der Waals surface area contributed by atoms with E-state index in [1.807, 2.05) is 0 Å². The van der Waals surface area contributed by atoms with Crippen LogP contribution in [0.3, 0.4) is 0 Å². The second kappa shape index (κ2) is 3.27. The molecule has 1 nitrogen and oxygen atoms in total. The average molecular weight is 181 g/mol. The summed E-state index contributed by atoms with van der Waals surface area (Å²) in [5.74, 6) is 0.982. The first kappa shape index (κ1) is 9.51. The molecule has 2 rings (SSSR count). The molecule has 0 aromatic heterocycles. The van der Waals surface area contributed by atoms with Crippen molar-refractivity contribution in [1.82, 2.24) is 4.90 Å². The minimum absolute atomic E-state index is 0.666. The van der Waals surface area contributed by atoms with Gasteiger partial charge in [0.1, 0.15) is 0 Å². The minimum Gasteiger partial charge on any atom is -0.300 e. The fourth-order valence-corrected chi connectivity index (χ4v) is 3.51. The van der Waals surface area contributed by atoms with Gasteiger partial charge in [-0.3, -0.25) is 4.90 Å². The van der Waals surface area contributed by atoms with E-state index in [2.05, 4.69) is 25.7 Å². The van der Waals surface area contributed by atoms with Crippen molar-refractivity contribution in [3.05, 3.63) is 0 Å². The molecule has 0 spiro atoms. The Hall–Kier alpha value is -0.0400. The molecular weight excluding hydrogens is 158 g/mol. The van der Waals surface area contributed by atoms with E-state index in [1.165, 1.54) is 38.8 Å². The van der Waals surface area contributed by atoms with E-state index in [0.29, 0.717) is 5.41 Å². The average Bonchev–Trinajstić information content (AvgIpc) is 2.35. The van der Waals surface area contributed by atoms with Gasteiger partial charge >= 0.3 is 0 Å². The van der Waals surface area contributed by atoms with Gasteiger partial charge in [-0.25, -0.2) is 0 Å². The first-order valence-electron chi connectivity index (χ1n) is 5.91. The summed E-state index contributed by atoms with van der Waals surface area (Å²) in [6.45, 7) is 9.95. The van der Waals surface area contributed by atoms with E-state index in [0.717, 1.165) is 12.0 Å². The molecule has 4 unspecified atom stereocenters. The molecule has 2 aliphatic rings. The van der Waals surface area contributed by atoms with Gasteiger partial charge in [-0.05, 0) is 30.6 Å². The van der Waals surface area contributed by atoms with Crippen molar-refractivity contribution < 1.29 is 0 Å². The molecular formula is C12H23N. The van der Waals surface area contributed by atoms with Crippen molar-refractivity contribution >= 4 is 0 Å². The Balaban J connectivity index is 2.09. The largest absolute Gasteiger partial charge is 0.300 e. The Morgan fingerprint density at radius 3 is 2.62 bits per heavy atom. The third-order valence-electron chi connectivity index (χ3n) is 4.15. The van der Waals surface area contributed by atoms with E-state index in [9.17, 15) is 0 Å². The van der Waals surface area contributed by atoms with Crippen LogP contribution >= 0.6 is 0 Å². The molecule has 2 heterocycles. The molecule has 1 heteroatoms. The lowest BCUT2D eigenvalue weighted by Gasteiger charge is -2.36. The van der Waals surface area contributed by atoms with Gasteiger partial charge in [-0.2, -0.15) is 0 Å². The molecule has 2 saturated heterocycles. The second-order valence-corrected chi connectivity index (χ2v) is 5.48. The van der Waals surface area contributed by atoms with Crippen LogP contribution in [-0.2, 0) is 0 Å². The summed E-state index contributed by atoms with van der Waals surface area (Å²) in [7, 11) is 0. The van der Waals surface area contributed by atoms with Crippen molar-refractivity contribution in [3.63, 3.8) is 0 Å². The predicted molar refractivity (Wildman–Crippen MR) is 56.8 cm³/mol. The molecule has 0 aromatic carbocycles. The predicted octanol–water partition coefficient (Wildman–Crippen LogP) is 2.91. The molecule has 2 fully saturated rings. The fraction of sp³-hybridized carbons (Fsp3) is 1.00. The Morgan fingerprint density at radius 1 is 1.23 bits per heavy atom. The van der Waals surface area contributed by atoms with Crippen LogP contribution in [0.15, 0.2) is 0 Å². The van der Waals surface area contributed by atoms with Crippen LogP contribution in [0.25, 0.3) is 0 Å². The lowest BCUT2D eigenvalue weighted by molar-refractivity contribution is 0.124. The van der Waals surface area contributed by atoms with Gasteiger partial charge in [0.2, 0.25) is 0 Å². The second-order valence-electron chi connectivity index (χ2n) is 5.48. The van der Waals surface area contributed by atoms with E-state index in [1.54, 1.807) is 0 Å². The zero-order chi connectivity index (χ0) is 9.47. The lowest BCUT2D eigenvalue weighted by atomic mass is 9.77. The van der Waals surface area contributed by atoms with E-state index < -0.39 is 0 Å². The van der Waals surface area contributed by atoms with Crippen molar-refractivity contribution in [1.29, 1.82) is 0 Å². The van der Waals surface area contributed by atoms with Crippen LogP contribution in [0.5, 0.6) is 0 Å². The molecule has 76 valence electrons. The minimum atomic E-state index is 0.666. The van der Waals surface area contributed by atoms with Gasteiger partial charge in [0.05, 0.1) is 0 Å². The molecule has 4 atom stereocenters. The Morgan fingerprint density at radius 2 is 2.00 bits per heavy atom. The summed E-state index contributed by atoms with van der Waals surface area (Å²) in [6, 6.07) is 0.904. The Bertz CT molecular complexity index is 186. The summed E-state index contributed by atoms with van der Waals surface area (Å²) in [4.78, 5) is 2.75. The smallest absolute Gasteiger partial charge is 0.00986 e. The van der Waals surface area contributed by atoms with Crippen molar-refractivity contribution in [2.45, 2.75) is 52.5 Å². The number of piperidine rings is 1. The van der Waals surface area contributed by atoms with Gasteiger partial charge in [0.15, 0.2) is 0 Å². The highest BCUT2D eigenvalue weighted by Gasteiger charge is 2.44. The maximum atomic E-state index is 2.75. The van der Waals surface area contributed by atoms with Gasteiger partial charge in [-0.15, -0.1) is 0 Å². The molecule has 13 heavy (non-hydrogen) atoms. The molecule has 2 aliphatic heterocycles. The van der Waals surface area contributed by atoms with Crippen molar-refractivity contribution in [2.75, 3.05) is 13.1 Å². The summed E-state index contributed by atoms with van der Waals surface area (Å²) in [5.41, 5.74) is 0.666. The highest BCUT2D eigenvalue weighted by Crippen LogP contribution is 2.45. The molecule has 0 aromatic rings. The van der Waals surface area contributed by atoms with Crippen LogP contribution in [0.4, 0.5) is 0 Å². The monoisotopic (exact) mass is 181 g/mol. The van der Waals surface area contributed by atoms with E-state index >= 15 is 0 Å². The van der Waals surface area contributed by atoms with Gasteiger partial charge in [0.25, 0.3) is 0 Å². The van der Waals surface area contributed by atoms with Crippen LogP contribution < -0.4 is 0 Å². The van der Waals surface area contributed by atoms with Gasteiger partial charge < -0.3 is 0 Å². The summed E-state index contributed by atoms with van der Waals surface area (Å²) in [6.07, 6.45) is 5.67. The zero-order valence-corrected chi connectivity index (χ0v) is 9.34. The summed E-state index contributed by atoms with van der Waals surface area (Å²) in [5, 5.41) is 0. The van der Waals surface area contributed by atoms with E-state index in [4.69, 9.17) is 0 Å². The fourth-order valence-electron chi connectivity index (χ4n) is 3.51. The first-order chi connectivity index (χ1) is 6.17. The molecule has 0 N–H and O–H groups in total. The molecule has 0 aliphatic carbocycles. The highest BCUT2D eigenvalue weighted by molar-refractivity contribution is 4.98. The molecule has 0 radical (unpaired) electrons. The van der Waals surface area contributed by atoms with Gasteiger partial charge in [0, 0.05) is 19.1 Å². The third kappa shape index (κ3) is 1.63. The van der Waals surface area contributed by atoms with Crippen molar-refractivity contribution in [3.8, 4) is 0 Å². The maximum absolute atomic E-state index is 2.75. The number of hydrogen-bond donors (Lipinski definition) is 0. The third-order valence-corrected chi connectivity index (χ3v) is 4.15. The quantitative estimate of drug-likeness (QED) is 0.633. The first-order valence-corrected chi connectivity index (χ1v) is 5.91. The number of hydrogen-bond acceptors (Lipinski definition) is 1. The topological polar surface area (TPSA) is 3.24 Å². The summed E-state index contributed by atoms with van der Waals surface area (Å²) >= 11 is 0. The van der Waals surface area contributed by atoms with Crippen LogP contribution in [0.1, 0.15) is 46.5 Å².